The molecule has 1 aliphatic carbocycles. The van der Waals surface area contributed by atoms with Gasteiger partial charge in [-0.25, -0.2) is 4.79 Å². The molecule has 1 aromatic rings. The number of esters is 1. The van der Waals surface area contributed by atoms with Gasteiger partial charge in [0.15, 0.2) is 6.10 Å². The molecule has 1 fully saturated rings. The molecule has 0 unspecified atom stereocenters. The number of carbonyl (C=O) groups is 1. The van der Waals surface area contributed by atoms with Crippen molar-refractivity contribution in [1.29, 1.82) is 0 Å². The summed E-state index contributed by atoms with van der Waals surface area (Å²) in [4.78, 5) is 22.0. The second-order valence-electron chi connectivity index (χ2n) is 6.62. The third kappa shape index (κ3) is 6.28. The average molecular weight is 399 g/mol. The van der Waals surface area contributed by atoms with Crippen LogP contribution in [-0.2, 0) is 23.8 Å². The molecule has 2 rings (SSSR count). The van der Waals surface area contributed by atoms with Crippen LogP contribution in [0.2, 0.25) is 0 Å². The quantitative estimate of drug-likeness (QED) is 0.270. The maximum Gasteiger partial charge on any atom is 0.336 e. The van der Waals surface area contributed by atoms with Gasteiger partial charge in [-0.2, -0.15) is 8.42 Å². The predicted molar refractivity (Wildman–Crippen MR) is 97.6 cm³/mol. The molecule has 27 heavy (non-hydrogen) atoms. The van der Waals surface area contributed by atoms with Gasteiger partial charge in [-0.05, 0) is 37.8 Å². The zero-order chi connectivity index (χ0) is 19.9. The monoisotopic (exact) mass is 399 g/mol. The Bertz CT molecular complexity index is 739. The smallest absolute Gasteiger partial charge is 0.336 e. The van der Waals surface area contributed by atoms with Crippen molar-refractivity contribution in [2.24, 2.45) is 5.92 Å². The number of carbonyl (C=O) groups excluding carboxylic acids is 1. The number of hydrogen-bond acceptors (Lipinski definition) is 7. The lowest BCUT2D eigenvalue weighted by Crippen LogP contribution is -2.30. The van der Waals surface area contributed by atoms with Gasteiger partial charge >= 0.3 is 5.97 Å². The van der Waals surface area contributed by atoms with Crippen molar-refractivity contribution in [1.82, 2.24) is 0 Å². The topological polar surface area (TPSA) is 113 Å². The maximum atomic E-state index is 12.5. The summed E-state index contributed by atoms with van der Waals surface area (Å²) in [5, 5.41) is 10.7. The molecule has 1 aromatic carbocycles. The van der Waals surface area contributed by atoms with Crippen LogP contribution in [0.5, 0.6) is 0 Å². The fraction of sp³-hybridized carbons (Fsp3) is 0.611. The molecule has 1 aliphatic rings. The summed E-state index contributed by atoms with van der Waals surface area (Å²) < 4.78 is 35.1. The third-order valence-corrected chi connectivity index (χ3v) is 6.03. The lowest BCUT2D eigenvalue weighted by molar-refractivity contribution is -0.384. The van der Waals surface area contributed by atoms with Crippen LogP contribution in [0.4, 0.5) is 5.69 Å². The van der Waals surface area contributed by atoms with Crippen LogP contribution in [0.1, 0.15) is 51.9 Å². The second kappa shape index (κ2) is 9.80. The van der Waals surface area contributed by atoms with E-state index in [2.05, 4.69) is 0 Å². The number of nitro groups is 1. The van der Waals surface area contributed by atoms with Gasteiger partial charge in [0, 0.05) is 12.1 Å². The van der Waals surface area contributed by atoms with E-state index in [0.29, 0.717) is 12.3 Å². The minimum Gasteiger partial charge on any atom is -0.464 e. The summed E-state index contributed by atoms with van der Waals surface area (Å²) in [6.45, 7) is 1.76. The van der Waals surface area contributed by atoms with Gasteiger partial charge in [0.05, 0.1) is 16.4 Å². The van der Waals surface area contributed by atoms with Crippen molar-refractivity contribution in [2.45, 2.75) is 62.9 Å². The van der Waals surface area contributed by atoms with Crippen LogP contribution < -0.4 is 0 Å². The Kier molecular flexibility index (Phi) is 7.73. The predicted octanol–water partition coefficient (Wildman–Crippen LogP) is 3.59. The number of nitrogens with zero attached hydrogens (tertiary/aromatic N) is 1. The summed E-state index contributed by atoms with van der Waals surface area (Å²) in [5.41, 5.74) is -0.229. The van der Waals surface area contributed by atoms with Gasteiger partial charge in [0.2, 0.25) is 0 Å². The molecule has 0 heterocycles. The highest BCUT2D eigenvalue weighted by Gasteiger charge is 2.30. The third-order valence-electron chi connectivity index (χ3n) is 4.69. The van der Waals surface area contributed by atoms with Gasteiger partial charge in [-0.1, -0.05) is 32.1 Å². The van der Waals surface area contributed by atoms with Crippen molar-refractivity contribution in [3.63, 3.8) is 0 Å². The molecule has 0 N–H and O–H groups in total. The minimum atomic E-state index is -4.24. The number of rotatable bonds is 9. The number of ether oxygens (including phenoxy) is 1. The van der Waals surface area contributed by atoms with E-state index >= 15 is 0 Å². The van der Waals surface area contributed by atoms with Crippen molar-refractivity contribution in [3.8, 4) is 0 Å². The zero-order valence-electron chi connectivity index (χ0n) is 15.3. The Labute approximate surface area is 159 Å². The standard InChI is InChI=1S/C18H25NO7S/c1-2-25-18(20)17(13-8-14-6-4-3-5-7-14)26-27(23,24)16-11-9-15(10-12-16)19(21)22/h9-12,14,17H,2-8,13H2,1H3/t17-/m1/s1. The molecule has 0 bridgehead atoms. The molecule has 150 valence electrons. The zero-order valence-corrected chi connectivity index (χ0v) is 16.2. The summed E-state index contributed by atoms with van der Waals surface area (Å²) in [5.74, 6) is -0.250. The fourth-order valence-electron chi connectivity index (χ4n) is 3.25. The average Bonchev–Trinajstić information content (AvgIpc) is 2.66. The summed E-state index contributed by atoms with van der Waals surface area (Å²) in [6.07, 6.45) is 5.40. The first kappa shape index (κ1) is 21.3. The first-order valence-corrected chi connectivity index (χ1v) is 10.6. The van der Waals surface area contributed by atoms with Crippen molar-refractivity contribution in [2.75, 3.05) is 6.61 Å². The second-order valence-corrected chi connectivity index (χ2v) is 8.20. The summed E-state index contributed by atoms with van der Waals surface area (Å²) >= 11 is 0. The maximum absolute atomic E-state index is 12.5. The molecular weight excluding hydrogens is 374 g/mol. The molecule has 0 amide bonds. The van der Waals surface area contributed by atoms with Gasteiger partial charge in [0.25, 0.3) is 15.8 Å². The largest absolute Gasteiger partial charge is 0.464 e. The highest BCUT2D eigenvalue weighted by Crippen LogP contribution is 2.29. The molecule has 0 radical (unpaired) electrons. The van der Waals surface area contributed by atoms with Gasteiger partial charge in [-0.3, -0.25) is 14.3 Å². The first-order valence-electron chi connectivity index (χ1n) is 9.18. The van der Waals surface area contributed by atoms with E-state index in [4.69, 9.17) is 8.92 Å². The van der Waals surface area contributed by atoms with Crippen LogP contribution in [0.25, 0.3) is 0 Å². The van der Waals surface area contributed by atoms with E-state index in [9.17, 15) is 23.3 Å². The molecular formula is C18H25NO7S. The van der Waals surface area contributed by atoms with Gasteiger partial charge < -0.3 is 4.74 Å². The Balaban J connectivity index is 2.09. The Hall–Kier alpha value is -2.00. The number of benzene rings is 1. The van der Waals surface area contributed by atoms with Crippen molar-refractivity contribution in [3.05, 3.63) is 34.4 Å². The molecule has 0 aromatic heterocycles. The normalized spacial score (nSPS) is 16.6. The van der Waals surface area contributed by atoms with E-state index in [1.807, 2.05) is 0 Å². The van der Waals surface area contributed by atoms with E-state index in [-0.39, 0.29) is 23.6 Å². The lowest BCUT2D eigenvalue weighted by atomic mass is 9.85. The van der Waals surface area contributed by atoms with E-state index in [1.54, 1.807) is 6.92 Å². The Morgan fingerprint density at radius 1 is 1.22 bits per heavy atom. The Morgan fingerprint density at radius 2 is 1.85 bits per heavy atom. The van der Waals surface area contributed by atoms with Crippen LogP contribution in [-0.4, -0.2) is 32.0 Å². The Morgan fingerprint density at radius 3 is 2.41 bits per heavy atom. The van der Waals surface area contributed by atoms with Crippen LogP contribution in [0, 0.1) is 16.0 Å². The van der Waals surface area contributed by atoms with Crippen molar-refractivity contribution >= 4 is 21.8 Å². The molecule has 0 saturated heterocycles. The highest BCUT2D eigenvalue weighted by molar-refractivity contribution is 7.86. The minimum absolute atomic E-state index is 0.125. The molecule has 0 aliphatic heterocycles. The molecule has 9 heteroatoms. The van der Waals surface area contributed by atoms with E-state index < -0.39 is 27.1 Å². The molecule has 0 spiro atoms. The van der Waals surface area contributed by atoms with Gasteiger partial charge in [-0.15, -0.1) is 0 Å². The number of non-ortho nitro benzene ring substituents is 1. The SMILES string of the molecule is CCOC(=O)[C@@H](CCC1CCCCC1)OS(=O)(=O)c1ccc([N+](=O)[O-])cc1. The first-order chi connectivity index (χ1) is 12.8. The van der Waals surface area contributed by atoms with Crippen molar-refractivity contribution < 1.29 is 27.1 Å². The number of nitro benzene ring substituents is 1. The fourth-order valence-corrected chi connectivity index (χ4v) is 4.31. The summed E-state index contributed by atoms with van der Waals surface area (Å²) in [6, 6.07) is 4.35. The van der Waals surface area contributed by atoms with Crippen LogP contribution in [0.15, 0.2) is 29.2 Å². The molecule has 8 nitrogen and oxygen atoms in total. The van der Waals surface area contributed by atoms with Crippen LogP contribution >= 0.6 is 0 Å². The molecule has 1 saturated carbocycles. The highest BCUT2D eigenvalue weighted by atomic mass is 32.2. The van der Waals surface area contributed by atoms with E-state index in [1.165, 1.54) is 6.42 Å². The molecule has 1 atom stereocenters. The summed E-state index contributed by atoms with van der Waals surface area (Å²) in [7, 11) is -4.24. The lowest BCUT2D eigenvalue weighted by Gasteiger charge is -2.23. The van der Waals surface area contributed by atoms with E-state index in [0.717, 1.165) is 49.9 Å². The van der Waals surface area contributed by atoms with Gasteiger partial charge in [0.1, 0.15) is 0 Å². The van der Waals surface area contributed by atoms with Crippen LogP contribution in [0.3, 0.4) is 0 Å². The number of hydrogen-bond donors (Lipinski definition) is 0.